The number of hydrogen-bond donors (Lipinski definition) is 1. The second-order valence-electron chi connectivity index (χ2n) is 7.11. The average molecular weight is 315 g/mol. The maximum Gasteiger partial charge on any atom is 0.317 e. The molecule has 2 fully saturated rings. The molecule has 3 rings (SSSR count). The van der Waals surface area contributed by atoms with E-state index in [0.29, 0.717) is 12.1 Å². The number of carbonyl (C=O) groups is 1. The van der Waals surface area contributed by atoms with E-state index in [9.17, 15) is 4.79 Å². The summed E-state index contributed by atoms with van der Waals surface area (Å²) in [5, 5.41) is 3.24. The molecular weight excluding hydrogens is 286 g/mol. The summed E-state index contributed by atoms with van der Waals surface area (Å²) in [5.74, 6) is 0. The number of benzene rings is 1. The molecule has 4 heteroatoms. The molecule has 1 N–H and O–H groups in total. The molecule has 0 aromatic heterocycles. The predicted molar refractivity (Wildman–Crippen MR) is 95.0 cm³/mol. The van der Waals surface area contributed by atoms with Crippen LogP contribution in [0.1, 0.15) is 44.6 Å². The van der Waals surface area contributed by atoms with Crippen LogP contribution in [0, 0.1) is 6.92 Å². The summed E-state index contributed by atoms with van der Waals surface area (Å²) in [5.41, 5.74) is 2.54. The van der Waals surface area contributed by atoms with Crippen molar-refractivity contribution < 1.29 is 4.79 Å². The molecule has 1 saturated heterocycles. The number of piperazine rings is 1. The number of carbonyl (C=O) groups excluding carboxylic acids is 1. The van der Waals surface area contributed by atoms with Gasteiger partial charge in [0.15, 0.2) is 0 Å². The summed E-state index contributed by atoms with van der Waals surface area (Å²) in [4.78, 5) is 16.9. The Morgan fingerprint density at radius 1 is 1.09 bits per heavy atom. The van der Waals surface area contributed by atoms with E-state index >= 15 is 0 Å². The highest BCUT2D eigenvalue weighted by molar-refractivity contribution is 5.75. The van der Waals surface area contributed by atoms with Crippen molar-refractivity contribution in [3.05, 3.63) is 29.8 Å². The van der Waals surface area contributed by atoms with E-state index in [1.54, 1.807) is 0 Å². The Hall–Kier alpha value is -1.71. The summed E-state index contributed by atoms with van der Waals surface area (Å²) in [6.07, 6.45) is 6.11. The van der Waals surface area contributed by atoms with Crippen LogP contribution in [0.2, 0.25) is 0 Å². The van der Waals surface area contributed by atoms with Crippen LogP contribution in [0.5, 0.6) is 0 Å². The maximum absolute atomic E-state index is 12.5. The third-order valence-corrected chi connectivity index (χ3v) is 5.21. The lowest BCUT2D eigenvalue weighted by atomic mass is 9.96. The van der Waals surface area contributed by atoms with Gasteiger partial charge in [-0.25, -0.2) is 4.79 Å². The standard InChI is InChI=1S/C19H29N3O/c1-15-8-10-18(11-9-15)22-13-12-21(14-16(22)2)19(23)20-17-6-4-3-5-7-17/h8-11,16-17H,3-7,12-14H2,1-2H3,(H,20,23)/t16-/m1/s1. The number of amides is 2. The number of urea groups is 1. The first-order valence-electron chi connectivity index (χ1n) is 9.02. The third kappa shape index (κ3) is 3.98. The van der Waals surface area contributed by atoms with Gasteiger partial charge in [-0.15, -0.1) is 0 Å². The van der Waals surface area contributed by atoms with Crippen molar-refractivity contribution in [3.8, 4) is 0 Å². The molecule has 23 heavy (non-hydrogen) atoms. The molecule has 1 aromatic carbocycles. The minimum Gasteiger partial charge on any atom is -0.365 e. The fourth-order valence-electron chi connectivity index (χ4n) is 3.77. The number of anilines is 1. The van der Waals surface area contributed by atoms with Gasteiger partial charge in [-0.1, -0.05) is 37.0 Å². The second kappa shape index (κ2) is 7.24. The zero-order valence-corrected chi connectivity index (χ0v) is 14.4. The van der Waals surface area contributed by atoms with Crippen LogP contribution in [0.25, 0.3) is 0 Å². The maximum atomic E-state index is 12.5. The smallest absolute Gasteiger partial charge is 0.317 e. The van der Waals surface area contributed by atoms with Gasteiger partial charge in [0.05, 0.1) is 0 Å². The third-order valence-electron chi connectivity index (χ3n) is 5.21. The summed E-state index contributed by atoms with van der Waals surface area (Å²) >= 11 is 0. The van der Waals surface area contributed by atoms with Crippen molar-refractivity contribution in [3.63, 3.8) is 0 Å². The van der Waals surface area contributed by atoms with Crippen LogP contribution in [-0.4, -0.2) is 42.6 Å². The first kappa shape index (κ1) is 16.2. The highest BCUT2D eigenvalue weighted by Gasteiger charge is 2.28. The lowest BCUT2D eigenvalue weighted by Gasteiger charge is -2.41. The van der Waals surface area contributed by atoms with Gasteiger partial charge in [0.25, 0.3) is 0 Å². The van der Waals surface area contributed by atoms with Crippen LogP contribution < -0.4 is 10.2 Å². The monoisotopic (exact) mass is 315 g/mol. The molecule has 0 unspecified atom stereocenters. The SMILES string of the molecule is Cc1ccc(N2CCN(C(=O)NC3CCCCC3)C[C@H]2C)cc1. The van der Waals surface area contributed by atoms with Gasteiger partial charge in [0, 0.05) is 37.4 Å². The van der Waals surface area contributed by atoms with Crippen LogP contribution in [0.15, 0.2) is 24.3 Å². The molecule has 126 valence electrons. The summed E-state index contributed by atoms with van der Waals surface area (Å²) in [6, 6.07) is 9.55. The molecular formula is C19H29N3O. The van der Waals surface area contributed by atoms with Gasteiger partial charge in [-0.3, -0.25) is 0 Å². The quantitative estimate of drug-likeness (QED) is 0.906. The molecule has 0 bridgehead atoms. The van der Waals surface area contributed by atoms with E-state index in [2.05, 4.69) is 48.3 Å². The predicted octanol–water partition coefficient (Wildman–Crippen LogP) is 3.55. The molecule has 1 heterocycles. The summed E-state index contributed by atoms with van der Waals surface area (Å²) in [6.45, 7) is 6.83. The molecule has 1 saturated carbocycles. The molecule has 2 aliphatic rings. The Kier molecular flexibility index (Phi) is 5.09. The van der Waals surface area contributed by atoms with Crippen molar-refractivity contribution >= 4 is 11.7 Å². The van der Waals surface area contributed by atoms with Crippen molar-refractivity contribution in [2.75, 3.05) is 24.5 Å². The van der Waals surface area contributed by atoms with Gasteiger partial charge < -0.3 is 15.1 Å². The van der Waals surface area contributed by atoms with Crippen LogP contribution in [0.4, 0.5) is 10.5 Å². The Labute approximate surface area is 139 Å². The largest absolute Gasteiger partial charge is 0.365 e. The van der Waals surface area contributed by atoms with E-state index < -0.39 is 0 Å². The fourth-order valence-corrected chi connectivity index (χ4v) is 3.77. The number of rotatable bonds is 2. The summed E-state index contributed by atoms with van der Waals surface area (Å²) < 4.78 is 0. The lowest BCUT2D eigenvalue weighted by molar-refractivity contribution is 0.179. The second-order valence-corrected chi connectivity index (χ2v) is 7.11. The van der Waals surface area contributed by atoms with Crippen LogP contribution in [0.3, 0.4) is 0 Å². The number of nitrogens with one attached hydrogen (secondary N) is 1. The molecule has 0 radical (unpaired) electrons. The van der Waals surface area contributed by atoms with Gasteiger partial charge in [0.1, 0.15) is 0 Å². The van der Waals surface area contributed by atoms with Crippen molar-refractivity contribution in [1.82, 2.24) is 10.2 Å². The topological polar surface area (TPSA) is 35.6 Å². The van der Waals surface area contributed by atoms with Crippen molar-refractivity contribution in [2.45, 2.75) is 58.0 Å². The Morgan fingerprint density at radius 3 is 2.43 bits per heavy atom. The molecule has 2 amide bonds. The fraction of sp³-hybridized carbons (Fsp3) is 0.632. The molecule has 1 aromatic rings. The Bertz CT molecular complexity index is 522. The van der Waals surface area contributed by atoms with Gasteiger partial charge >= 0.3 is 6.03 Å². The highest BCUT2D eigenvalue weighted by Crippen LogP contribution is 2.22. The zero-order chi connectivity index (χ0) is 16.2. The average Bonchev–Trinajstić information content (AvgIpc) is 2.57. The number of aryl methyl sites for hydroxylation is 1. The number of hydrogen-bond acceptors (Lipinski definition) is 2. The first-order chi connectivity index (χ1) is 11.1. The Morgan fingerprint density at radius 2 is 1.78 bits per heavy atom. The van der Waals surface area contributed by atoms with Crippen LogP contribution >= 0.6 is 0 Å². The molecule has 0 spiro atoms. The van der Waals surface area contributed by atoms with Gasteiger partial charge in [-0.05, 0) is 38.8 Å². The normalized spacial score (nSPS) is 23.0. The Balaban J connectivity index is 1.55. The zero-order valence-electron chi connectivity index (χ0n) is 14.4. The molecule has 1 atom stereocenters. The van der Waals surface area contributed by atoms with Crippen LogP contribution in [-0.2, 0) is 0 Å². The minimum atomic E-state index is 0.132. The van der Waals surface area contributed by atoms with Gasteiger partial charge in [0.2, 0.25) is 0 Å². The molecule has 1 aliphatic heterocycles. The minimum absolute atomic E-state index is 0.132. The molecule has 1 aliphatic carbocycles. The first-order valence-corrected chi connectivity index (χ1v) is 9.02. The van der Waals surface area contributed by atoms with E-state index in [0.717, 1.165) is 32.5 Å². The number of nitrogens with zero attached hydrogens (tertiary/aromatic N) is 2. The van der Waals surface area contributed by atoms with E-state index in [-0.39, 0.29) is 6.03 Å². The lowest BCUT2D eigenvalue weighted by Crippen LogP contribution is -2.57. The van der Waals surface area contributed by atoms with E-state index in [1.165, 1.54) is 30.5 Å². The van der Waals surface area contributed by atoms with E-state index in [4.69, 9.17) is 0 Å². The highest BCUT2D eigenvalue weighted by atomic mass is 16.2. The van der Waals surface area contributed by atoms with Gasteiger partial charge in [-0.2, -0.15) is 0 Å². The van der Waals surface area contributed by atoms with Crippen molar-refractivity contribution in [2.24, 2.45) is 0 Å². The molecule has 4 nitrogen and oxygen atoms in total. The van der Waals surface area contributed by atoms with E-state index in [1.807, 2.05) is 4.90 Å². The summed E-state index contributed by atoms with van der Waals surface area (Å²) in [7, 11) is 0. The van der Waals surface area contributed by atoms with Crippen molar-refractivity contribution in [1.29, 1.82) is 0 Å².